The molecule has 0 aromatic heterocycles. The lowest BCUT2D eigenvalue weighted by atomic mass is 9.30. The van der Waals surface area contributed by atoms with Crippen molar-refractivity contribution in [1.82, 2.24) is 0 Å². The number of benzene rings is 7. The predicted molar refractivity (Wildman–Crippen MR) is 271 cm³/mol. The standard InChI is InChI=1S/C54H37B3N2OS3/c1-3-4-16-32(2)58-39-22-14-23-40-50(39)57(37-29-38-48(30-41(37)58)62-47-28-15-25-44-52(47)55(38)34-19-8-11-24-43(34)60-44)51-42(59(40)33-17-6-5-7-18-33)31-49-53-54(51)63-46-27-13-10-21-36(46)56(53)35-20-9-12-26-45(35)61-49/h3-4,6,8-31H,5,7H2,1-2H3/b4-3-,32-16+. The maximum absolute atomic E-state index is 6.66. The molecule has 0 spiro atoms. The SMILES string of the molecule is C/C=C\C=C(/C)N1c2cc3c(cc2B2c4c(cccc41)N(C1=CCCC=C1)c1cc4c5c(c12)Sc1ccccc1B5c1ccccc1S4)B1c2ccccc2Oc2cccc(c21)S3. The minimum Gasteiger partial charge on any atom is -0.458 e. The highest BCUT2D eigenvalue weighted by Gasteiger charge is 2.50. The highest BCUT2D eigenvalue weighted by atomic mass is 32.2. The fourth-order valence-corrected chi connectivity index (χ4v) is 15.2. The van der Waals surface area contributed by atoms with Crippen molar-refractivity contribution in [1.29, 1.82) is 0 Å². The molecule has 63 heavy (non-hydrogen) atoms. The third kappa shape index (κ3) is 5.13. The van der Waals surface area contributed by atoms with Gasteiger partial charge in [0.05, 0.1) is 0 Å². The summed E-state index contributed by atoms with van der Waals surface area (Å²) in [6.07, 6.45) is 15.9. The largest absolute Gasteiger partial charge is 0.458 e. The minimum atomic E-state index is -0.0145. The van der Waals surface area contributed by atoms with E-state index in [9.17, 15) is 0 Å². The van der Waals surface area contributed by atoms with E-state index in [0.717, 1.165) is 24.3 Å². The molecule has 7 aromatic rings. The average molecular weight is 859 g/mol. The van der Waals surface area contributed by atoms with Crippen molar-refractivity contribution in [3.05, 3.63) is 175 Å². The third-order valence-electron chi connectivity index (χ3n) is 14.0. The van der Waals surface area contributed by atoms with Gasteiger partial charge in [0.15, 0.2) is 0 Å². The monoisotopic (exact) mass is 858 g/mol. The molecule has 0 saturated heterocycles. The molecule has 3 nitrogen and oxygen atoms in total. The van der Waals surface area contributed by atoms with Gasteiger partial charge in [0.25, 0.3) is 13.4 Å². The molecule has 14 rings (SSSR count). The van der Waals surface area contributed by atoms with Gasteiger partial charge in [-0.3, -0.25) is 0 Å². The maximum Gasteiger partial charge on any atom is 0.253 e. The van der Waals surface area contributed by atoms with Gasteiger partial charge in [-0.15, -0.1) is 0 Å². The van der Waals surface area contributed by atoms with Crippen LogP contribution in [0.5, 0.6) is 11.5 Å². The molecule has 1 aliphatic carbocycles. The van der Waals surface area contributed by atoms with E-state index < -0.39 is 0 Å². The summed E-state index contributed by atoms with van der Waals surface area (Å²) < 4.78 is 6.66. The Kier molecular flexibility index (Phi) is 8.03. The van der Waals surface area contributed by atoms with Crippen molar-refractivity contribution in [3.8, 4) is 11.5 Å². The normalized spacial score (nSPS) is 16.4. The Morgan fingerprint density at radius 3 is 2.08 bits per heavy atom. The first kappa shape index (κ1) is 36.6. The van der Waals surface area contributed by atoms with Crippen LogP contribution in [0.15, 0.2) is 205 Å². The van der Waals surface area contributed by atoms with E-state index in [2.05, 4.69) is 187 Å². The lowest BCUT2D eigenvalue weighted by molar-refractivity contribution is 0.486. The van der Waals surface area contributed by atoms with Crippen molar-refractivity contribution in [3.63, 3.8) is 0 Å². The summed E-state index contributed by atoms with van der Waals surface area (Å²) in [5, 5.41) is 0. The molecule has 0 amide bonds. The van der Waals surface area contributed by atoms with Crippen molar-refractivity contribution >= 4 is 127 Å². The number of ether oxygens (including phenoxy) is 1. The first-order valence-corrected chi connectivity index (χ1v) is 24.5. The number of rotatable bonds is 3. The Balaban J connectivity index is 1.10. The zero-order chi connectivity index (χ0) is 41.5. The Labute approximate surface area is 382 Å². The number of allylic oxidation sites excluding steroid dienone is 7. The van der Waals surface area contributed by atoms with Gasteiger partial charge in [-0.05, 0) is 126 Å². The van der Waals surface area contributed by atoms with Crippen LogP contribution in [0.3, 0.4) is 0 Å². The third-order valence-corrected chi connectivity index (χ3v) is 17.5. The Bertz CT molecular complexity index is 3330. The van der Waals surface area contributed by atoms with Crippen LogP contribution < -0.4 is 63.7 Å². The zero-order valence-corrected chi connectivity index (χ0v) is 37.2. The van der Waals surface area contributed by atoms with E-state index in [0.29, 0.717) is 0 Å². The number of hydrogen-bond donors (Lipinski definition) is 0. The molecular formula is C54H37B3N2OS3. The van der Waals surface area contributed by atoms with Crippen LogP contribution in [0, 0.1) is 0 Å². The van der Waals surface area contributed by atoms with Gasteiger partial charge >= 0.3 is 0 Å². The molecule has 7 aromatic carbocycles. The Morgan fingerprint density at radius 1 is 0.556 bits per heavy atom. The zero-order valence-electron chi connectivity index (χ0n) is 34.8. The number of nitrogens with zero attached hydrogens (tertiary/aromatic N) is 2. The number of para-hydroxylation sites is 1. The number of fused-ring (bicyclic) bond motifs is 13. The molecule has 296 valence electrons. The van der Waals surface area contributed by atoms with E-state index in [1.807, 2.05) is 35.3 Å². The smallest absolute Gasteiger partial charge is 0.253 e. The molecule has 0 unspecified atom stereocenters. The molecule has 0 fully saturated rings. The van der Waals surface area contributed by atoms with Crippen molar-refractivity contribution in [2.45, 2.75) is 56.1 Å². The lowest BCUT2D eigenvalue weighted by Crippen LogP contribution is -2.67. The van der Waals surface area contributed by atoms with Gasteiger partial charge in [-0.1, -0.05) is 149 Å². The Hall–Kier alpha value is -5.86. The van der Waals surface area contributed by atoms with Gasteiger partial charge in [-0.2, -0.15) is 0 Å². The van der Waals surface area contributed by atoms with E-state index in [4.69, 9.17) is 4.74 Å². The molecule has 0 atom stereocenters. The first-order valence-electron chi connectivity index (χ1n) is 22.0. The summed E-state index contributed by atoms with van der Waals surface area (Å²) in [7, 11) is 0. The molecule has 0 N–H and O–H groups in total. The molecule has 7 aliphatic rings. The fraction of sp³-hybridized carbons (Fsp3) is 0.0741. The average Bonchev–Trinajstić information content (AvgIpc) is 3.32. The summed E-state index contributed by atoms with van der Waals surface area (Å²) in [6, 6.07) is 48.4. The Morgan fingerprint density at radius 2 is 1.25 bits per heavy atom. The van der Waals surface area contributed by atoms with Crippen LogP contribution in [0.4, 0.5) is 22.7 Å². The van der Waals surface area contributed by atoms with E-state index in [-0.39, 0.29) is 20.1 Å². The summed E-state index contributed by atoms with van der Waals surface area (Å²) in [6.45, 7) is 4.59. The second-order valence-electron chi connectivity index (χ2n) is 17.3. The molecule has 0 saturated carbocycles. The lowest BCUT2D eigenvalue weighted by Gasteiger charge is -2.47. The molecule has 0 radical (unpaired) electrons. The quantitative estimate of drug-likeness (QED) is 0.130. The van der Waals surface area contributed by atoms with Crippen LogP contribution in [0.2, 0.25) is 0 Å². The molecule has 0 bridgehead atoms. The van der Waals surface area contributed by atoms with E-state index >= 15 is 0 Å². The highest BCUT2D eigenvalue weighted by molar-refractivity contribution is 8.01. The first-order chi connectivity index (χ1) is 31.1. The summed E-state index contributed by atoms with van der Waals surface area (Å²) in [4.78, 5) is 13.2. The van der Waals surface area contributed by atoms with Crippen molar-refractivity contribution in [2.75, 3.05) is 9.80 Å². The maximum atomic E-state index is 6.66. The highest BCUT2D eigenvalue weighted by Crippen LogP contribution is 2.48. The molecular weight excluding hydrogens is 821 g/mol. The second kappa shape index (κ2) is 13.8. The van der Waals surface area contributed by atoms with E-state index in [1.165, 1.54) is 113 Å². The van der Waals surface area contributed by atoms with Gasteiger partial charge in [0.1, 0.15) is 11.5 Å². The van der Waals surface area contributed by atoms with E-state index in [1.54, 1.807) is 0 Å². The van der Waals surface area contributed by atoms with Gasteiger partial charge in [-0.25, -0.2) is 0 Å². The van der Waals surface area contributed by atoms with Crippen LogP contribution in [0.25, 0.3) is 0 Å². The van der Waals surface area contributed by atoms with Crippen LogP contribution >= 0.6 is 35.3 Å². The second-order valence-corrected chi connectivity index (χ2v) is 20.5. The number of anilines is 4. The fourth-order valence-electron chi connectivity index (χ4n) is 11.4. The van der Waals surface area contributed by atoms with Crippen LogP contribution in [-0.4, -0.2) is 20.1 Å². The number of hydrogen-bond acceptors (Lipinski definition) is 6. The molecule has 9 heteroatoms. The van der Waals surface area contributed by atoms with Gasteiger partial charge in [0, 0.05) is 63.5 Å². The molecule has 6 heterocycles. The van der Waals surface area contributed by atoms with Crippen molar-refractivity contribution < 1.29 is 4.74 Å². The summed E-state index contributed by atoms with van der Waals surface area (Å²) in [5.41, 5.74) is 19.8. The predicted octanol–water partition coefficient (Wildman–Crippen LogP) is 8.35. The van der Waals surface area contributed by atoms with Crippen LogP contribution in [-0.2, 0) is 0 Å². The van der Waals surface area contributed by atoms with Crippen LogP contribution in [0.1, 0.15) is 26.7 Å². The summed E-state index contributed by atoms with van der Waals surface area (Å²) in [5.74, 6) is 1.92. The van der Waals surface area contributed by atoms with Gasteiger partial charge in [0.2, 0.25) is 6.71 Å². The molecule has 6 aliphatic heterocycles. The minimum absolute atomic E-state index is 0.0145. The summed E-state index contributed by atoms with van der Waals surface area (Å²) >= 11 is 5.84. The van der Waals surface area contributed by atoms with Crippen molar-refractivity contribution in [2.24, 2.45) is 0 Å². The topological polar surface area (TPSA) is 15.7 Å². The van der Waals surface area contributed by atoms with Gasteiger partial charge < -0.3 is 14.5 Å².